The first-order chi connectivity index (χ1) is 16.0. The Morgan fingerprint density at radius 3 is 2.45 bits per heavy atom. The van der Waals surface area contributed by atoms with Crippen molar-refractivity contribution in [2.45, 2.75) is 65.5 Å². The number of hydrogen-bond acceptors (Lipinski definition) is 3. The number of benzene rings is 2. The minimum Gasteiger partial charge on any atom is -0.340 e. The summed E-state index contributed by atoms with van der Waals surface area (Å²) < 4.78 is 15.7. The Hall–Kier alpha value is -3.15. The maximum absolute atomic E-state index is 13.5. The van der Waals surface area contributed by atoms with Crippen molar-refractivity contribution in [1.29, 1.82) is 0 Å². The number of carbonyl (C=O) groups excluding carboxylic acids is 1. The molecule has 0 saturated heterocycles. The number of rotatable bonds is 9. The summed E-state index contributed by atoms with van der Waals surface area (Å²) in [6.45, 7) is 6.10. The third-order valence-corrected chi connectivity index (χ3v) is 6.25. The van der Waals surface area contributed by atoms with Crippen molar-refractivity contribution in [2.24, 2.45) is 0 Å². The number of fused-ring (bicyclic) bond motifs is 1. The normalized spacial score (nSPS) is 13.1. The van der Waals surface area contributed by atoms with Crippen LogP contribution in [0.4, 0.5) is 15.9 Å². The van der Waals surface area contributed by atoms with Gasteiger partial charge in [-0.3, -0.25) is 4.79 Å². The summed E-state index contributed by atoms with van der Waals surface area (Å²) in [4.78, 5) is 19.6. The first kappa shape index (κ1) is 23.0. The van der Waals surface area contributed by atoms with Crippen molar-refractivity contribution in [2.75, 3.05) is 11.9 Å². The molecule has 1 N–H and O–H groups in total. The van der Waals surface area contributed by atoms with Crippen LogP contribution in [0.15, 0.2) is 48.5 Å². The summed E-state index contributed by atoms with van der Waals surface area (Å²) in [5.74, 6) is 1.67. The molecule has 1 amide bonds. The number of unbranched alkanes of at least 4 members (excludes halogenated alkanes) is 4. The van der Waals surface area contributed by atoms with Gasteiger partial charge in [-0.1, -0.05) is 50.3 Å². The summed E-state index contributed by atoms with van der Waals surface area (Å²) >= 11 is 0. The van der Waals surface area contributed by atoms with Crippen LogP contribution < -0.4 is 5.32 Å². The second-order valence-electron chi connectivity index (χ2n) is 8.85. The zero-order chi connectivity index (χ0) is 23.2. The smallest absolute Gasteiger partial charge is 0.223 e. The maximum atomic E-state index is 13.5. The molecule has 0 unspecified atom stereocenters. The second kappa shape index (κ2) is 10.6. The lowest BCUT2D eigenvalue weighted by Crippen LogP contribution is -2.38. The number of imidazole rings is 1. The quantitative estimate of drug-likeness (QED) is 0.383. The van der Waals surface area contributed by atoms with Crippen molar-refractivity contribution < 1.29 is 9.18 Å². The predicted octanol–water partition coefficient (Wildman–Crippen LogP) is 6.44. The van der Waals surface area contributed by atoms with Crippen molar-refractivity contribution >= 4 is 17.4 Å². The average Bonchev–Trinajstić information content (AvgIpc) is 3.18. The molecule has 174 valence electrons. The largest absolute Gasteiger partial charge is 0.340 e. The lowest BCUT2D eigenvalue weighted by atomic mass is 10.1. The number of hydrogen-bond donors (Lipinski definition) is 1. The minimum absolute atomic E-state index is 0.206. The molecule has 1 aliphatic rings. The molecule has 0 aliphatic carbocycles. The molecule has 0 spiro atoms. The fourth-order valence-electron chi connectivity index (χ4n) is 4.29. The van der Waals surface area contributed by atoms with Crippen LogP contribution in [0.2, 0.25) is 0 Å². The van der Waals surface area contributed by atoms with Crippen molar-refractivity contribution in [1.82, 2.24) is 14.5 Å². The Morgan fingerprint density at radius 2 is 1.73 bits per heavy atom. The number of halogens is 1. The van der Waals surface area contributed by atoms with Gasteiger partial charge in [-0.25, -0.2) is 9.37 Å². The first-order valence-corrected chi connectivity index (χ1v) is 12.0. The lowest BCUT2D eigenvalue weighted by Gasteiger charge is -2.28. The highest BCUT2D eigenvalue weighted by Gasteiger charge is 2.26. The summed E-state index contributed by atoms with van der Waals surface area (Å²) in [6.07, 6.45) is 6.30. The Bertz CT molecular complexity index is 1070. The zero-order valence-corrected chi connectivity index (χ0v) is 19.6. The van der Waals surface area contributed by atoms with Crippen molar-refractivity contribution in [3.63, 3.8) is 0 Å². The maximum Gasteiger partial charge on any atom is 0.223 e. The summed E-state index contributed by atoms with van der Waals surface area (Å²) in [5.41, 5.74) is 3.79. The average molecular weight is 449 g/mol. The summed E-state index contributed by atoms with van der Waals surface area (Å²) in [6, 6.07) is 14.6. The van der Waals surface area contributed by atoms with Crippen LogP contribution in [-0.4, -0.2) is 26.9 Å². The van der Waals surface area contributed by atoms with E-state index in [-0.39, 0.29) is 11.7 Å². The molecule has 4 rings (SSSR count). The second-order valence-corrected chi connectivity index (χ2v) is 8.85. The molecule has 5 nitrogen and oxygen atoms in total. The van der Waals surface area contributed by atoms with E-state index in [1.165, 1.54) is 37.0 Å². The number of nitrogens with one attached hydrogen (secondary N) is 1. The van der Waals surface area contributed by atoms with Gasteiger partial charge in [0, 0.05) is 30.8 Å². The Balaban J connectivity index is 1.55. The van der Waals surface area contributed by atoms with E-state index in [0.29, 0.717) is 26.1 Å². The van der Waals surface area contributed by atoms with Crippen LogP contribution in [0.3, 0.4) is 0 Å². The van der Waals surface area contributed by atoms with E-state index in [2.05, 4.69) is 35.9 Å². The van der Waals surface area contributed by atoms with Gasteiger partial charge in [-0.2, -0.15) is 0 Å². The number of nitrogens with zero attached hydrogens (tertiary/aromatic N) is 3. The molecule has 1 aliphatic heterocycles. The van der Waals surface area contributed by atoms with Gasteiger partial charge in [-0.15, -0.1) is 0 Å². The number of carbonyl (C=O) groups is 1. The van der Waals surface area contributed by atoms with Gasteiger partial charge in [0.2, 0.25) is 5.91 Å². The highest BCUT2D eigenvalue weighted by Crippen LogP contribution is 2.33. The van der Waals surface area contributed by atoms with Crippen molar-refractivity contribution in [3.8, 4) is 11.3 Å². The van der Waals surface area contributed by atoms with Crippen LogP contribution >= 0.6 is 0 Å². The van der Waals surface area contributed by atoms with Crippen LogP contribution in [0.5, 0.6) is 0 Å². The highest BCUT2D eigenvalue weighted by molar-refractivity contribution is 5.78. The van der Waals surface area contributed by atoms with E-state index in [1.54, 1.807) is 12.1 Å². The van der Waals surface area contributed by atoms with Crippen LogP contribution in [0.1, 0.15) is 56.8 Å². The molecule has 0 bridgehead atoms. The Kier molecular flexibility index (Phi) is 7.43. The fraction of sp³-hybridized carbons (Fsp3) is 0.407. The van der Waals surface area contributed by atoms with Crippen LogP contribution in [-0.2, 0) is 17.9 Å². The van der Waals surface area contributed by atoms with Crippen LogP contribution in [0.25, 0.3) is 11.3 Å². The molecule has 6 heteroatoms. The van der Waals surface area contributed by atoms with Gasteiger partial charge in [0.1, 0.15) is 23.2 Å². The third kappa shape index (κ3) is 5.62. The van der Waals surface area contributed by atoms with Gasteiger partial charge >= 0.3 is 0 Å². The molecule has 33 heavy (non-hydrogen) atoms. The fourth-order valence-corrected chi connectivity index (χ4v) is 4.29. The van der Waals surface area contributed by atoms with Gasteiger partial charge in [0.25, 0.3) is 0 Å². The molecule has 0 atom stereocenters. The van der Waals surface area contributed by atoms with Gasteiger partial charge in [0.15, 0.2) is 0 Å². The number of anilines is 2. The van der Waals surface area contributed by atoms with E-state index < -0.39 is 0 Å². The summed E-state index contributed by atoms with van der Waals surface area (Å²) in [5, 5.41) is 3.52. The number of aromatic nitrogens is 2. The molecule has 2 heterocycles. The molecular formula is C27H33FN4O. The van der Waals surface area contributed by atoms with Gasteiger partial charge < -0.3 is 14.8 Å². The van der Waals surface area contributed by atoms with Crippen molar-refractivity contribution in [3.05, 3.63) is 65.7 Å². The summed E-state index contributed by atoms with van der Waals surface area (Å²) in [7, 11) is 0. The topological polar surface area (TPSA) is 50.2 Å². The predicted molar refractivity (Wildman–Crippen MR) is 131 cm³/mol. The molecule has 3 aromatic rings. The SMILES string of the molecule is CCCCCCCC(=O)N1CCn2c(nc(-c3ccc(F)cc3)c2Nc2ccc(C)cc2)C1. The monoisotopic (exact) mass is 448 g/mol. The lowest BCUT2D eigenvalue weighted by molar-refractivity contribution is -0.132. The van der Waals surface area contributed by atoms with E-state index in [0.717, 1.165) is 41.4 Å². The molecule has 1 aromatic heterocycles. The van der Waals surface area contributed by atoms with E-state index in [1.807, 2.05) is 17.0 Å². The Morgan fingerprint density at radius 1 is 1.00 bits per heavy atom. The number of aryl methyl sites for hydroxylation is 1. The van der Waals surface area contributed by atoms with Crippen LogP contribution in [0, 0.1) is 12.7 Å². The minimum atomic E-state index is -0.272. The van der Waals surface area contributed by atoms with E-state index >= 15 is 0 Å². The standard InChI is InChI=1S/C27H33FN4O/c1-3-4-5-6-7-8-25(33)31-17-18-32-24(19-31)30-26(21-11-13-22(28)14-12-21)27(32)29-23-15-9-20(2)10-16-23/h9-16,29H,3-8,17-19H2,1-2H3. The first-order valence-electron chi connectivity index (χ1n) is 12.0. The van der Waals surface area contributed by atoms with E-state index in [9.17, 15) is 9.18 Å². The molecule has 0 radical (unpaired) electrons. The third-order valence-electron chi connectivity index (χ3n) is 6.25. The molecule has 2 aromatic carbocycles. The molecule has 0 saturated carbocycles. The molecular weight excluding hydrogens is 415 g/mol. The number of amides is 1. The Labute approximate surface area is 195 Å². The van der Waals surface area contributed by atoms with E-state index in [4.69, 9.17) is 4.98 Å². The zero-order valence-electron chi connectivity index (χ0n) is 19.6. The van der Waals surface area contributed by atoms with Gasteiger partial charge in [-0.05, 0) is 49.7 Å². The van der Waals surface area contributed by atoms with Gasteiger partial charge in [0.05, 0.1) is 6.54 Å². The molecule has 0 fully saturated rings. The highest BCUT2D eigenvalue weighted by atomic mass is 19.1.